The third kappa shape index (κ3) is 3.60. The first-order valence-corrected chi connectivity index (χ1v) is 4.78. The number of rotatable bonds is 4. The summed E-state index contributed by atoms with van der Waals surface area (Å²) in [4.78, 5) is 0. The van der Waals surface area contributed by atoms with Crippen molar-refractivity contribution in [3.05, 3.63) is 0 Å². The number of nitrogens with one attached hydrogen (secondary N) is 1. The number of hydrogen-bond acceptors (Lipinski definition) is 1. The van der Waals surface area contributed by atoms with Gasteiger partial charge in [-0.3, -0.25) is 0 Å². The van der Waals surface area contributed by atoms with Crippen LogP contribution in [0.5, 0.6) is 0 Å². The van der Waals surface area contributed by atoms with Gasteiger partial charge in [0.05, 0.1) is 26.2 Å². The van der Waals surface area contributed by atoms with Crippen molar-refractivity contribution in [1.29, 1.82) is 0 Å². The van der Waals surface area contributed by atoms with Crippen LogP contribution < -0.4 is 5.32 Å². The first kappa shape index (κ1) is 11.3. The van der Waals surface area contributed by atoms with Gasteiger partial charge in [-0.25, -0.2) is 9.89 Å². The highest BCUT2D eigenvalue weighted by molar-refractivity contribution is 5.67. The van der Waals surface area contributed by atoms with E-state index in [1.54, 1.807) is 0 Å². The normalized spacial score (nSPS) is 9.33. The Bertz CT molecular complexity index is 129. The largest absolute Gasteiger partial charge is 0.443 e. The Morgan fingerprint density at radius 1 is 1.17 bits per heavy atom. The molecule has 0 aliphatic carbocycles. The highest BCUT2D eigenvalue weighted by atomic mass is 16.5. The van der Waals surface area contributed by atoms with Gasteiger partial charge >= 0.3 is 6.02 Å². The van der Waals surface area contributed by atoms with Gasteiger partial charge in [-0.2, -0.15) is 0 Å². The van der Waals surface area contributed by atoms with Gasteiger partial charge in [-0.1, -0.05) is 0 Å². The van der Waals surface area contributed by atoms with E-state index in [1.807, 2.05) is 6.92 Å². The van der Waals surface area contributed by atoms with Gasteiger partial charge in [0.25, 0.3) is 0 Å². The van der Waals surface area contributed by atoms with Crippen LogP contribution in [0.1, 0.15) is 27.7 Å². The molecule has 0 unspecified atom stereocenters. The van der Waals surface area contributed by atoms with Crippen LogP contribution in [0.2, 0.25) is 0 Å². The maximum absolute atomic E-state index is 5.46. The van der Waals surface area contributed by atoms with Gasteiger partial charge in [-0.15, -0.1) is 0 Å². The van der Waals surface area contributed by atoms with Crippen molar-refractivity contribution < 1.29 is 9.31 Å². The number of nitrogens with zero attached hydrogens (tertiary/aromatic N) is 1. The Morgan fingerprint density at radius 2 is 1.75 bits per heavy atom. The predicted molar refractivity (Wildman–Crippen MR) is 51.7 cm³/mol. The van der Waals surface area contributed by atoms with Crippen LogP contribution in [0, 0.1) is 0 Å². The van der Waals surface area contributed by atoms with Crippen molar-refractivity contribution in [3.63, 3.8) is 0 Å². The van der Waals surface area contributed by atoms with Gasteiger partial charge < -0.3 is 4.74 Å². The van der Waals surface area contributed by atoms with Crippen molar-refractivity contribution in [2.45, 2.75) is 27.7 Å². The van der Waals surface area contributed by atoms with Gasteiger partial charge in [0.2, 0.25) is 0 Å². The second-order valence-corrected chi connectivity index (χ2v) is 2.44. The summed E-state index contributed by atoms with van der Waals surface area (Å²) in [6.07, 6.45) is 0. The fraction of sp³-hybridized carbons (Fsp3) is 0.889. The van der Waals surface area contributed by atoms with Crippen LogP contribution in [0.25, 0.3) is 0 Å². The Balaban J connectivity index is 4.27. The first-order valence-electron chi connectivity index (χ1n) is 4.78. The zero-order valence-corrected chi connectivity index (χ0v) is 8.68. The minimum atomic E-state index is 0.721. The minimum absolute atomic E-state index is 0.721. The summed E-state index contributed by atoms with van der Waals surface area (Å²) in [5.74, 6) is 0. The molecule has 0 spiro atoms. The standard InChI is InChI=1S/C9H20N2O/c1-5-10-9(12-8-4)11(6-2)7-3/h5-8H2,1-4H3/p+1. The molecule has 0 atom stereocenters. The van der Waals surface area contributed by atoms with Gasteiger partial charge in [-0.05, 0) is 27.7 Å². The van der Waals surface area contributed by atoms with Crippen LogP contribution in [0.15, 0.2) is 0 Å². The third-order valence-electron chi connectivity index (χ3n) is 1.66. The summed E-state index contributed by atoms with van der Waals surface area (Å²) in [7, 11) is 0. The second kappa shape index (κ2) is 6.95. The fourth-order valence-corrected chi connectivity index (χ4v) is 1.05. The lowest BCUT2D eigenvalue weighted by Crippen LogP contribution is -2.36. The first-order chi connectivity index (χ1) is 5.79. The van der Waals surface area contributed by atoms with E-state index in [9.17, 15) is 0 Å². The summed E-state index contributed by atoms with van der Waals surface area (Å²) in [5, 5.41) is 3.21. The molecular weight excluding hydrogens is 152 g/mol. The molecule has 1 N–H and O–H groups in total. The molecule has 0 aromatic carbocycles. The molecule has 0 aliphatic rings. The molecule has 0 bridgehead atoms. The van der Waals surface area contributed by atoms with Crippen LogP contribution in [-0.4, -0.2) is 36.8 Å². The van der Waals surface area contributed by atoms with E-state index < -0.39 is 0 Å². The molecule has 0 aliphatic heterocycles. The molecule has 0 heterocycles. The average molecular weight is 173 g/mol. The minimum Gasteiger partial charge on any atom is -0.432 e. The van der Waals surface area contributed by atoms with Crippen molar-refractivity contribution in [1.82, 2.24) is 5.32 Å². The smallest absolute Gasteiger partial charge is 0.432 e. The Kier molecular flexibility index (Phi) is 6.53. The maximum atomic E-state index is 5.46. The molecule has 0 aromatic rings. The maximum Gasteiger partial charge on any atom is 0.443 e. The van der Waals surface area contributed by atoms with Crippen molar-refractivity contribution in [2.75, 3.05) is 26.2 Å². The van der Waals surface area contributed by atoms with Crippen LogP contribution >= 0.6 is 0 Å². The van der Waals surface area contributed by atoms with Crippen molar-refractivity contribution in [3.8, 4) is 0 Å². The summed E-state index contributed by atoms with van der Waals surface area (Å²) >= 11 is 0. The van der Waals surface area contributed by atoms with Gasteiger partial charge in [0, 0.05) is 0 Å². The van der Waals surface area contributed by atoms with Gasteiger partial charge in [0.15, 0.2) is 0 Å². The van der Waals surface area contributed by atoms with Crippen LogP contribution in [0.3, 0.4) is 0 Å². The van der Waals surface area contributed by atoms with Gasteiger partial charge in [0.1, 0.15) is 0 Å². The molecule has 12 heavy (non-hydrogen) atoms. The van der Waals surface area contributed by atoms with E-state index in [0.717, 1.165) is 32.3 Å². The quantitative estimate of drug-likeness (QED) is 0.390. The highest BCUT2D eigenvalue weighted by Gasteiger charge is 2.09. The fourth-order valence-electron chi connectivity index (χ4n) is 1.05. The Morgan fingerprint density at radius 3 is 2.08 bits per heavy atom. The molecular formula is C9H21N2O+. The lowest BCUT2D eigenvalue weighted by molar-refractivity contribution is -0.531. The summed E-state index contributed by atoms with van der Waals surface area (Å²) < 4.78 is 7.63. The van der Waals surface area contributed by atoms with Crippen LogP contribution in [-0.2, 0) is 4.74 Å². The van der Waals surface area contributed by atoms with E-state index in [0.29, 0.717) is 0 Å². The summed E-state index contributed by atoms with van der Waals surface area (Å²) in [6.45, 7) is 11.9. The topological polar surface area (TPSA) is 24.3 Å². The molecule has 0 aromatic heterocycles. The Labute approximate surface area is 75.4 Å². The highest BCUT2D eigenvalue weighted by Crippen LogP contribution is 1.82. The lowest BCUT2D eigenvalue weighted by Gasteiger charge is -2.08. The van der Waals surface area contributed by atoms with Crippen molar-refractivity contribution in [2.24, 2.45) is 0 Å². The zero-order valence-electron chi connectivity index (χ0n) is 8.68. The molecule has 0 amide bonds. The molecule has 0 fully saturated rings. The molecule has 72 valence electrons. The molecule has 0 radical (unpaired) electrons. The molecule has 0 saturated carbocycles. The summed E-state index contributed by atoms with van der Waals surface area (Å²) in [6, 6.07) is 0.907. The summed E-state index contributed by atoms with van der Waals surface area (Å²) in [5.41, 5.74) is 0. The predicted octanol–water partition coefficient (Wildman–Crippen LogP) is 1.04. The number of amidine groups is 1. The van der Waals surface area contributed by atoms with Crippen LogP contribution in [0.4, 0.5) is 0 Å². The molecule has 3 heteroatoms. The van der Waals surface area contributed by atoms with Crippen molar-refractivity contribution >= 4 is 6.02 Å². The molecule has 3 nitrogen and oxygen atoms in total. The monoisotopic (exact) mass is 173 g/mol. The average Bonchev–Trinajstić information content (AvgIpc) is 2.07. The lowest BCUT2D eigenvalue weighted by atomic mass is 10.6. The SMILES string of the molecule is CCNC(OCC)=[N+](CC)CC. The molecule has 0 saturated heterocycles. The molecule has 0 rings (SSSR count). The number of ether oxygens (including phenoxy) is 1. The zero-order chi connectivity index (χ0) is 9.40. The van der Waals surface area contributed by atoms with E-state index >= 15 is 0 Å². The van der Waals surface area contributed by atoms with E-state index in [-0.39, 0.29) is 0 Å². The van der Waals surface area contributed by atoms with E-state index in [1.165, 1.54) is 0 Å². The van der Waals surface area contributed by atoms with E-state index in [2.05, 4.69) is 30.7 Å². The number of hydrogen-bond donors (Lipinski definition) is 1. The second-order valence-electron chi connectivity index (χ2n) is 2.44. The third-order valence-corrected chi connectivity index (χ3v) is 1.66. The van der Waals surface area contributed by atoms with E-state index in [4.69, 9.17) is 4.74 Å². The Hall–Kier alpha value is -0.730.